The van der Waals surface area contributed by atoms with Crippen LogP contribution in [-0.4, -0.2) is 20.4 Å². The second-order valence-corrected chi connectivity index (χ2v) is 18.7. The molecule has 304 valence electrons. The summed E-state index contributed by atoms with van der Waals surface area (Å²) in [5.41, 5.74) is 13.9. The van der Waals surface area contributed by atoms with Crippen molar-refractivity contribution in [1.82, 2.24) is 0 Å². The van der Waals surface area contributed by atoms with Crippen LogP contribution in [0.5, 0.6) is 23.0 Å². The molecule has 8 aromatic carbocycles. The number of hydrogen-bond donors (Lipinski definition) is 4. The first-order chi connectivity index (χ1) is 30.1. The van der Waals surface area contributed by atoms with E-state index in [2.05, 4.69) is 97.1 Å². The molecule has 62 heavy (non-hydrogen) atoms. The topological polar surface area (TPSA) is 80.9 Å². The lowest BCUT2D eigenvalue weighted by Gasteiger charge is -2.71. The van der Waals surface area contributed by atoms with Crippen molar-refractivity contribution in [3.63, 3.8) is 0 Å². The molecule has 0 aliphatic heterocycles. The van der Waals surface area contributed by atoms with Gasteiger partial charge < -0.3 is 20.4 Å². The molecule has 0 unspecified atom stereocenters. The highest BCUT2D eigenvalue weighted by Gasteiger charge is 2.69. The molecular weight excluding hydrogens is 761 g/mol. The quantitative estimate of drug-likeness (QED) is 0.123. The third-order valence-corrected chi connectivity index (χ3v) is 14.9. The van der Waals surface area contributed by atoms with Gasteiger partial charge in [-0.3, -0.25) is 0 Å². The summed E-state index contributed by atoms with van der Waals surface area (Å²) in [6.07, 6.45) is 6.32. The third-order valence-electron chi connectivity index (χ3n) is 14.9. The molecule has 4 N–H and O–H groups in total. The van der Waals surface area contributed by atoms with Crippen molar-refractivity contribution in [3.05, 3.63) is 216 Å². The van der Waals surface area contributed by atoms with Gasteiger partial charge in [-0.05, 0) is 175 Å². The Morgan fingerprint density at radius 3 is 0.468 bits per heavy atom. The molecule has 0 aromatic heterocycles. The van der Waals surface area contributed by atoms with Crippen molar-refractivity contribution in [1.29, 1.82) is 0 Å². The number of phenolic OH excluding ortho intramolecular Hbond substituents is 4. The van der Waals surface area contributed by atoms with Crippen LogP contribution in [0.2, 0.25) is 0 Å². The summed E-state index contributed by atoms with van der Waals surface area (Å²) in [4.78, 5) is 0. The first-order valence-corrected chi connectivity index (χ1v) is 21.7. The molecular formula is C58H48O4. The molecule has 4 saturated carbocycles. The summed E-state index contributed by atoms with van der Waals surface area (Å²) in [6, 6.07) is 67.3. The first kappa shape index (κ1) is 37.9. The summed E-state index contributed by atoms with van der Waals surface area (Å²) in [6.45, 7) is 0. The molecule has 0 heterocycles. The van der Waals surface area contributed by atoms with Crippen molar-refractivity contribution < 1.29 is 20.4 Å². The van der Waals surface area contributed by atoms with E-state index in [4.69, 9.17) is 0 Å². The Morgan fingerprint density at radius 2 is 0.323 bits per heavy atom. The minimum absolute atomic E-state index is 0.122. The average Bonchev–Trinajstić information content (AvgIpc) is 3.30. The first-order valence-electron chi connectivity index (χ1n) is 21.7. The van der Waals surface area contributed by atoms with Crippen molar-refractivity contribution >= 4 is 0 Å². The molecule has 4 aliphatic carbocycles. The molecule has 12 rings (SSSR count). The Kier molecular flexibility index (Phi) is 8.73. The minimum Gasteiger partial charge on any atom is -0.508 e. The normalized spacial score (nSPS) is 23.6. The standard InChI is InChI=1S/C58H48O4/c59-51-25-9-43(10-26-51)39-1-17-47(18-2-39)55-33-56(48-19-3-40(4-20-48)44-11-27-52(60)28-12-44)36-57(34-55,49-21-5-41(6-22-49)45-13-29-53(61)30-14-45)38-58(35-55,37-56)50-23-7-42(8-24-50)46-15-31-54(62)32-16-46/h1-32,59-62H,33-38H2. The molecule has 4 heteroatoms. The van der Waals surface area contributed by atoms with Crippen LogP contribution in [0, 0.1) is 0 Å². The number of aromatic hydroxyl groups is 4. The van der Waals surface area contributed by atoms with Crippen LogP contribution < -0.4 is 0 Å². The van der Waals surface area contributed by atoms with Gasteiger partial charge in [0.15, 0.2) is 0 Å². The van der Waals surface area contributed by atoms with Gasteiger partial charge in [0.05, 0.1) is 0 Å². The lowest BCUT2D eigenvalue weighted by Crippen LogP contribution is -2.67. The monoisotopic (exact) mass is 808 g/mol. The Labute approximate surface area is 363 Å². The van der Waals surface area contributed by atoms with E-state index >= 15 is 0 Å². The number of hydrogen-bond acceptors (Lipinski definition) is 4. The van der Waals surface area contributed by atoms with Crippen molar-refractivity contribution in [2.24, 2.45) is 0 Å². The molecule has 4 aliphatic rings. The average molecular weight is 809 g/mol. The molecule has 4 fully saturated rings. The molecule has 4 bridgehead atoms. The van der Waals surface area contributed by atoms with Gasteiger partial charge in [0.2, 0.25) is 0 Å². The van der Waals surface area contributed by atoms with Gasteiger partial charge in [0, 0.05) is 0 Å². The van der Waals surface area contributed by atoms with Gasteiger partial charge in [-0.1, -0.05) is 146 Å². The molecule has 0 saturated heterocycles. The van der Waals surface area contributed by atoms with E-state index in [1.54, 1.807) is 48.5 Å². The summed E-state index contributed by atoms with van der Waals surface area (Å²) in [7, 11) is 0. The molecule has 4 nitrogen and oxygen atoms in total. The second kappa shape index (κ2) is 14.3. The van der Waals surface area contributed by atoms with Crippen LogP contribution in [-0.2, 0) is 21.7 Å². The zero-order valence-corrected chi connectivity index (χ0v) is 34.5. The summed E-state index contributed by atoms with van der Waals surface area (Å²) < 4.78 is 0. The van der Waals surface area contributed by atoms with Gasteiger partial charge in [-0.2, -0.15) is 0 Å². The van der Waals surface area contributed by atoms with Gasteiger partial charge in [-0.25, -0.2) is 0 Å². The summed E-state index contributed by atoms with van der Waals surface area (Å²) in [5, 5.41) is 40.1. The molecule has 0 atom stereocenters. The highest BCUT2D eigenvalue weighted by Crippen LogP contribution is 2.75. The maximum absolute atomic E-state index is 10.0. The van der Waals surface area contributed by atoms with E-state index in [0.29, 0.717) is 0 Å². The Bertz CT molecular complexity index is 2440. The van der Waals surface area contributed by atoms with Crippen molar-refractivity contribution in [3.8, 4) is 67.5 Å². The van der Waals surface area contributed by atoms with Crippen molar-refractivity contribution in [2.45, 2.75) is 60.2 Å². The zero-order valence-electron chi connectivity index (χ0n) is 34.5. The molecule has 0 amide bonds. The van der Waals surface area contributed by atoms with Crippen LogP contribution in [0.1, 0.15) is 60.8 Å². The Morgan fingerprint density at radius 1 is 0.194 bits per heavy atom. The molecule has 0 spiro atoms. The zero-order chi connectivity index (χ0) is 42.1. The summed E-state index contributed by atoms with van der Waals surface area (Å²) >= 11 is 0. The lowest BCUT2D eigenvalue weighted by molar-refractivity contribution is -0.0691. The van der Waals surface area contributed by atoms with E-state index in [-0.39, 0.29) is 44.7 Å². The van der Waals surface area contributed by atoms with Gasteiger partial charge in [0.1, 0.15) is 23.0 Å². The lowest BCUT2D eigenvalue weighted by atomic mass is 9.32. The van der Waals surface area contributed by atoms with E-state index in [1.807, 2.05) is 48.5 Å². The number of phenols is 4. The Balaban J connectivity index is 1.08. The second-order valence-electron chi connectivity index (χ2n) is 18.7. The number of rotatable bonds is 8. The summed E-state index contributed by atoms with van der Waals surface area (Å²) in [5.74, 6) is 1.07. The van der Waals surface area contributed by atoms with Gasteiger partial charge in [-0.15, -0.1) is 0 Å². The molecule has 8 aromatic rings. The number of benzene rings is 8. The van der Waals surface area contributed by atoms with Crippen LogP contribution in [0.25, 0.3) is 44.5 Å². The fourth-order valence-electron chi connectivity index (χ4n) is 12.5. The van der Waals surface area contributed by atoms with Crippen LogP contribution in [0.3, 0.4) is 0 Å². The predicted molar refractivity (Wildman–Crippen MR) is 249 cm³/mol. The maximum Gasteiger partial charge on any atom is 0.115 e. The maximum atomic E-state index is 10.0. The van der Waals surface area contributed by atoms with E-state index in [1.165, 1.54) is 22.3 Å². The van der Waals surface area contributed by atoms with E-state index in [9.17, 15) is 20.4 Å². The van der Waals surface area contributed by atoms with Crippen molar-refractivity contribution in [2.75, 3.05) is 0 Å². The van der Waals surface area contributed by atoms with Crippen LogP contribution in [0.4, 0.5) is 0 Å². The third kappa shape index (κ3) is 6.44. The Hall–Kier alpha value is -7.04. The smallest absolute Gasteiger partial charge is 0.115 e. The van der Waals surface area contributed by atoms with Gasteiger partial charge in [0.25, 0.3) is 0 Å². The van der Waals surface area contributed by atoms with Crippen LogP contribution in [0.15, 0.2) is 194 Å². The fraction of sp³-hybridized carbons (Fsp3) is 0.172. The SMILES string of the molecule is Oc1ccc(-c2ccc(C34CC5(c6ccc(-c7ccc(O)cc7)cc6)CC(c6ccc(-c7ccc(O)cc7)cc6)(C3)CC(c3ccc(-c6ccc(O)cc6)cc3)(C4)C5)cc2)cc1. The highest BCUT2D eigenvalue weighted by atomic mass is 16.3. The van der Waals surface area contributed by atoms with Crippen LogP contribution >= 0.6 is 0 Å². The van der Waals surface area contributed by atoms with E-state index < -0.39 is 0 Å². The molecule has 0 radical (unpaired) electrons. The largest absolute Gasteiger partial charge is 0.508 e. The van der Waals surface area contributed by atoms with Gasteiger partial charge >= 0.3 is 0 Å². The predicted octanol–water partition coefficient (Wildman–Crippen LogP) is 13.6. The fourth-order valence-corrected chi connectivity index (χ4v) is 12.5. The van der Waals surface area contributed by atoms with E-state index in [0.717, 1.165) is 83.0 Å². The highest BCUT2D eigenvalue weighted by molar-refractivity contribution is 5.69. The minimum atomic E-state index is -0.122.